The summed E-state index contributed by atoms with van der Waals surface area (Å²) >= 11 is 0. The van der Waals surface area contributed by atoms with Crippen LogP contribution >= 0.6 is 7.37 Å². The molecule has 0 aromatic rings. The van der Waals surface area contributed by atoms with Crippen LogP contribution < -0.4 is 0 Å². The van der Waals surface area contributed by atoms with E-state index in [1.807, 2.05) is 0 Å². The summed E-state index contributed by atoms with van der Waals surface area (Å²) in [6.07, 6.45) is 21.8. The Kier molecular flexibility index (Phi) is 19.7. The summed E-state index contributed by atoms with van der Waals surface area (Å²) in [5.41, 5.74) is 0. The molecule has 0 aliphatic carbocycles. The maximum absolute atomic E-state index is 12.1. The molecule has 0 spiro atoms. The lowest BCUT2D eigenvalue weighted by Gasteiger charge is -2.13. The monoisotopic (exact) mass is 418 g/mol. The zero-order valence-corrected chi connectivity index (χ0v) is 19.9. The predicted octanol–water partition coefficient (Wildman–Crippen LogP) is 7.74. The van der Waals surface area contributed by atoms with Gasteiger partial charge in [-0.25, -0.2) is 0 Å². The Labute approximate surface area is 175 Å². The standard InChI is InChI=1S/C23H47O4P/c1-4-5-6-7-8-9-10-11-12-13-14-15-16-17-18-19-20-27-28(3,25)22-21-26-23(2)24/h4-22H2,1-3H3. The van der Waals surface area contributed by atoms with Gasteiger partial charge in [-0.15, -0.1) is 0 Å². The highest BCUT2D eigenvalue weighted by atomic mass is 31.2. The zero-order valence-electron chi connectivity index (χ0n) is 19.0. The van der Waals surface area contributed by atoms with Gasteiger partial charge in [-0.1, -0.05) is 103 Å². The maximum Gasteiger partial charge on any atom is 0.302 e. The first-order valence-electron chi connectivity index (χ1n) is 11.8. The van der Waals surface area contributed by atoms with Gasteiger partial charge in [0.1, 0.15) is 6.61 Å². The number of ether oxygens (including phenoxy) is 1. The summed E-state index contributed by atoms with van der Waals surface area (Å²) in [6.45, 7) is 5.99. The van der Waals surface area contributed by atoms with Crippen LogP contribution in [-0.4, -0.2) is 32.0 Å². The summed E-state index contributed by atoms with van der Waals surface area (Å²) in [7, 11) is -2.62. The molecule has 1 unspecified atom stereocenters. The minimum absolute atomic E-state index is 0.183. The van der Waals surface area contributed by atoms with Crippen LogP contribution in [0.15, 0.2) is 0 Å². The second kappa shape index (κ2) is 20.0. The average molecular weight is 419 g/mol. The van der Waals surface area contributed by atoms with Gasteiger partial charge in [0.2, 0.25) is 7.37 Å². The third-order valence-corrected chi connectivity index (χ3v) is 6.89. The van der Waals surface area contributed by atoms with Crippen molar-refractivity contribution in [2.24, 2.45) is 0 Å². The minimum atomic E-state index is -2.62. The number of rotatable bonds is 21. The van der Waals surface area contributed by atoms with Crippen molar-refractivity contribution < 1.29 is 18.6 Å². The van der Waals surface area contributed by atoms with Crippen molar-refractivity contribution in [3.63, 3.8) is 0 Å². The third-order valence-electron chi connectivity index (χ3n) is 5.17. The first-order chi connectivity index (χ1) is 13.5. The Hall–Kier alpha value is -0.340. The minimum Gasteiger partial charge on any atom is -0.465 e. The van der Waals surface area contributed by atoms with Gasteiger partial charge in [0.15, 0.2) is 0 Å². The molecule has 0 N–H and O–H groups in total. The van der Waals surface area contributed by atoms with Crippen LogP contribution in [0.1, 0.15) is 117 Å². The van der Waals surface area contributed by atoms with E-state index < -0.39 is 7.37 Å². The van der Waals surface area contributed by atoms with Gasteiger partial charge in [-0.3, -0.25) is 9.36 Å². The number of unbranched alkanes of at least 4 members (excludes halogenated alkanes) is 15. The quantitative estimate of drug-likeness (QED) is 0.109. The van der Waals surface area contributed by atoms with Crippen molar-refractivity contribution >= 4 is 13.3 Å². The largest absolute Gasteiger partial charge is 0.465 e. The van der Waals surface area contributed by atoms with Gasteiger partial charge >= 0.3 is 5.97 Å². The zero-order chi connectivity index (χ0) is 20.9. The van der Waals surface area contributed by atoms with Crippen LogP contribution in [-0.2, 0) is 18.6 Å². The molecular formula is C23H47O4P. The molecule has 0 radical (unpaired) electrons. The second-order valence-corrected chi connectivity index (χ2v) is 10.9. The lowest BCUT2D eigenvalue weighted by molar-refractivity contribution is -0.140. The number of carbonyl (C=O) groups excluding carboxylic acids is 1. The summed E-state index contributed by atoms with van der Waals surface area (Å²) in [5.74, 6) is -0.335. The van der Waals surface area contributed by atoms with E-state index in [1.54, 1.807) is 6.66 Å². The van der Waals surface area contributed by atoms with E-state index >= 15 is 0 Å². The number of carbonyl (C=O) groups is 1. The van der Waals surface area contributed by atoms with Crippen LogP contribution in [0.3, 0.4) is 0 Å². The molecular weight excluding hydrogens is 371 g/mol. The van der Waals surface area contributed by atoms with Gasteiger partial charge in [0.25, 0.3) is 0 Å². The summed E-state index contributed by atoms with van der Waals surface area (Å²) in [5, 5.41) is 0. The van der Waals surface area contributed by atoms with Crippen LogP contribution in [0, 0.1) is 0 Å². The van der Waals surface area contributed by atoms with Gasteiger partial charge < -0.3 is 9.26 Å². The molecule has 0 fully saturated rings. The molecule has 0 bridgehead atoms. The highest BCUT2D eigenvalue weighted by Gasteiger charge is 2.15. The van der Waals surface area contributed by atoms with Crippen LogP contribution in [0.4, 0.5) is 0 Å². The first kappa shape index (κ1) is 27.7. The van der Waals surface area contributed by atoms with Crippen molar-refractivity contribution in [2.45, 2.75) is 117 Å². The Bertz CT molecular complexity index is 398. The topological polar surface area (TPSA) is 52.6 Å². The van der Waals surface area contributed by atoms with Gasteiger partial charge in [0.05, 0.1) is 12.8 Å². The molecule has 0 saturated heterocycles. The Morgan fingerprint density at radius 3 is 1.46 bits per heavy atom. The van der Waals surface area contributed by atoms with Crippen LogP contribution in [0.2, 0.25) is 0 Å². The molecule has 28 heavy (non-hydrogen) atoms. The Morgan fingerprint density at radius 2 is 1.07 bits per heavy atom. The van der Waals surface area contributed by atoms with E-state index in [1.165, 1.54) is 96.8 Å². The maximum atomic E-state index is 12.1. The van der Waals surface area contributed by atoms with Crippen molar-refractivity contribution in [3.8, 4) is 0 Å². The van der Waals surface area contributed by atoms with Crippen molar-refractivity contribution in [2.75, 3.05) is 26.0 Å². The smallest absolute Gasteiger partial charge is 0.302 e. The van der Waals surface area contributed by atoms with Crippen molar-refractivity contribution in [1.29, 1.82) is 0 Å². The van der Waals surface area contributed by atoms with Crippen molar-refractivity contribution in [1.82, 2.24) is 0 Å². The molecule has 5 heteroatoms. The number of hydrogen-bond donors (Lipinski definition) is 0. The molecule has 168 valence electrons. The van der Waals surface area contributed by atoms with E-state index in [2.05, 4.69) is 6.92 Å². The van der Waals surface area contributed by atoms with Crippen molar-refractivity contribution in [3.05, 3.63) is 0 Å². The molecule has 1 atom stereocenters. The van der Waals surface area contributed by atoms with E-state index in [0.29, 0.717) is 12.8 Å². The molecule has 4 nitrogen and oxygen atoms in total. The molecule has 0 aromatic heterocycles. The SMILES string of the molecule is CCCCCCCCCCCCCCCCCCOP(C)(=O)CCOC(C)=O. The highest BCUT2D eigenvalue weighted by molar-refractivity contribution is 7.58. The lowest BCUT2D eigenvalue weighted by Crippen LogP contribution is -2.06. The molecule has 0 aromatic carbocycles. The van der Waals surface area contributed by atoms with Crippen LogP contribution in [0.5, 0.6) is 0 Å². The average Bonchev–Trinajstić information content (AvgIpc) is 2.63. The van der Waals surface area contributed by atoms with E-state index in [4.69, 9.17) is 9.26 Å². The number of esters is 1. The van der Waals surface area contributed by atoms with E-state index in [0.717, 1.165) is 12.8 Å². The third kappa shape index (κ3) is 22.0. The Balaban J connectivity index is 3.23. The molecule has 0 saturated carbocycles. The summed E-state index contributed by atoms with van der Waals surface area (Å²) in [4.78, 5) is 10.7. The molecule has 0 aliphatic heterocycles. The van der Waals surface area contributed by atoms with Crippen LogP contribution in [0.25, 0.3) is 0 Å². The predicted molar refractivity (Wildman–Crippen MR) is 121 cm³/mol. The lowest BCUT2D eigenvalue weighted by atomic mass is 10.0. The van der Waals surface area contributed by atoms with E-state index in [-0.39, 0.29) is 12.6 Å². The molecule has 0 amide bonds. The molecule has 0 rings (SSSR count). The molecule has 0 aliphatic rings. The summed E-state index contributed by atoms with van der Waals surface area (Å²) < 4.78 is 22.5. The van der Waals surface area contributed by atoms with Gasteiger partial charge in [-0.2, -0.15) is 0 Å². The summed E-state index contributed by atoms with van der Waals surface area (Å²) in [6, 6.07) is 0. The fraction of sp³-hybridized carbons (Fsp3) is 0.957. The van der Waals surface area contributed by atoms with E-state index in [9.17, 15) is 9.36 Å². The number of hydrogen-bond acceptors (Lipinski definition) is 4. The first-order valence-corrected chi connectivity index (χ1v) is 14.1. The normalized spacial score (nSPS) is 13.4. The Morgan fingerprint density at radius 1 is 0.679 bits per heavy atom. The second-order valence-electron chi connectivity index (χ2n) is 8.21. The molecule has 0 heterocycles. The fourth-order valence-electron chi connectivity index (χ4n) is 3.33. The van der Waals surface area contributed by atoms with Gasteiger partial charge in [0, 0.05) is 13.6 Å². The van der Waals surface area contributed by atoms with Gasteiger partial charge in [-0.05, 0) is 6.42 Å². The fourth-order valence-corrected chi connectivity index (χ4v) is 4.39. The highest BCUT2D eigenvalue weighted by Crippen LogP contribution is 2.42.